The zero-order valence-electron chi connectivity index (χ0n) is 16.1. The highest BCUT2D eigenvalue weighted by molar-refractivity contribution is 5.76. The Morgan fingerprint density at radius 1 is 1.22 bits per heavy atom. The summed E-state index contributed by atoms with van der Waals surface area (Å²) in [5, 5.41) is 15.5. The van der Waals surface area contributed by atoms with Crippen molar-refractivity contribution in [1.82, 2.24) is 25.1 Å². The van der Waals surface area contributed by atoms with Crippen molar-refractivity contribution in [2.45, 2.75) is 33.1 Å². The molecule has 1 N–H and O–H groups in total. The molecule has 0 unspecified atom stereocenters. The summed E-state index contributed by atoms with van der Waals surface area (Å²) >= 11 is 0. The molecule has 3 rings (SSSR count). The average Bonchev–Trinajstić information content (AvgIpc) is 3.14. The fourth-order valence-corrected chi connectivity index (χ4v) is 3.23. The lowest BCUT2D eigenvalue weighted by molar-refractivity contribution is -0.121. The Balaban J connectivity index is 1.44. The van der Waals surface area contributed by atoms with Gasteiger partial charge in [0, 0.05) is 37.8 Å². The van der Waals surface area contributed by atoms with Gasteiger partial charge in [-0.2, -0.15) is 5.10 Å². The average molecular weight is 366 g/mol. The van der Waals surface area contributed by atoms with Crippen molar-refractivity contribution in [3.63, 3.8) is 0 Å². The van der Waals surface area contributed by atoms with E-state index in [1.54, 1.807) is 10.8 Å². The molecular formula is C20H26N6O. The largest absolute Gasteiger partial charge is 0.375 e. The van der Waals surface area contributed by atoms with E-state index in [9.17, 15) is 4.79 Å². The van der Waals surface area contributed by atoms with Crippen LogP contribution < -0.4 is 10.2 Å². The van der Waals surface area contributed by atoms with Gasteiger partial charge in [0.2, 0.25) is 5.91 Å². The Morgan fingerprint density at radius 3 is 2.78 bits per heavy atom. The molecule has 1 aromatic carbocycles. The normalized spacial score (nSPS) is 10.9. The summed E-state index contributed by atoms with van der Waals surface area (Å²) < 4.78 is 1.68. The van der Waals surface area contributed by atoms with Crippen molar-refractivity contribution < 1.29 is 4.79 Å². The number of hydrogen-bond acceptors (Lipinski definition) is 5. The van der Waals surface area contributed by atoms with Gasteiger partial charge in [0.05, 0.1) is 5.69 Å². The lowest BCUT2D eigenvalue weighted by atomic mass is 10.0. The van der Waals surface area contributed by atoms with Crippen molar-refractivity contribution in [1.29, 1.82) is 0 Å². The van der Waals surface area contributed by atoms with E-state index in [1.165, 1.54) is 5.69 Å². The second-order valence-electron chi connectivity index (χ2n) is 6.75. The Hall–Kier alpha value is -2.96. The third kappa shape index (κ3) is 4.61. The van der Waals surface area contributed by atoms with Crippen LogP contribution in [0.2, 0.25) is 0 Å². The van der Waals surface area contributed by atoms with Crippen LogP contribution in [0.4, 0.5) is 5.69 Å². The topological polar surface area (TPSA) is 75.4 Å². The molecule has 0 spiro atoms. The first-order valence-corrected chi connectivity index (χ1v) is 9.25. The lowest BCUT2D eigenvalue weighted by Crippen LogP contribution is -2.28. The van der Waals surface area contributed by atoms with Crippen LogP contribution in [-0.4, -0.2) is 45.9 Å². The number of fused-ring (bicyclic) bond motifs is 1. The number of carbonyl (C=O) groups excluding carboxylic acids is 1. The molecule has 0 aliphatic carbocycles. The number of carbonyl (C=O) groups is 1. The molecule has 2 heterocycles. The quantitative estimate of drug-likeness (QED) is 0.619. The zero-order valence-corrected chi connectivity index (χ0v) is 16.1. The van der Waals surface area contributed by atoms with E-state index in [1.807, 2.05) is 32.0 Å². The molecule has 0 radical (unpaired) electrons. The smallest absolute Gasteiger partial charge is 0.220 e. The second-order valence-corrected chi connectivity index (χ2v) is 6.75. The van der Waals surface area contributed by atoms with Crippen LogP contribution in [0.25, 0.3) is 5.65 Å². The molecule has 0 bridgehead atoms. The minimum atomic E-state index is 0.0671. The summed E-state index contributed by atoms with van der Waals surface area (Å²) in [6.07, 6.45) is 3.60. The molecule has 3 aromatic rings. The fraction of sp³-hybridized carbons (Fsp3) is 0.400. The summed E-state index contributed by atoms with van der Waals surface area (Å²) in [7, 11) is 2.07. The Bertz CT molecular complexity index is 905. The first kappa shape index (κ1) is 18.8. The Morgan fingerprint density at radius 2 is 2.00 bits per heavy atom. The first-order chi connectivity index (χ1) is 13.1. The second kappa shape index (κ2) is 8.62. The van der Waals surface area contributed by atoms with E-state index >= 15 is 0 Å². The van der Waals surface area contributed by atoms with E-state index in [0.717, 1.165) is 35.4 Å². The van der Waals surface area contributed by atoms with Crippen LogP contribution in [-0.2, 0) is 11.2 Å². The first-order valence-electron chi connectivity index (χ1n) is 9.25. The van der Waals surface area contributed by atoms with Gasteiger partial charge in [0.1, 0.15) is 6.33 Å². The number of nitrogens with one attached hydrogen (secondary N) is 1. The molecular weight excluding hydrogens is 340 g/mol. The summed E-state index contributed by atoms with van der Waals surface area (Å²) in [6, 6.07) is 10.2. The van der Waals surface area contributed by atoms with Gasteiger partial charge in [-0.3, -0.25) is 4.79 Å². The van der Waals surface area contributed by atoms with E-state index in [4.69, 9.17) is 0 Å². The van der Waals surface area contributed by atoms with Gasteiger partial charge in [-0.25, -0.2) is 4.52 Å². The number of amides is 1. The van der Waals surface area contributed by atoms with Crippen LogP contribution in [0.1, 0.15) is 29.7 Å². The van der Waals surface area contributed by atoms with Gasteiger partial charge in [-0.05, 0) is 44.4 Å². The van der Waals surface area contributed by atoms with Gasteiger partial charge in [-0.15, -0.1) is 10.2 Å². The van der Waals surface area contributed by atoms with Crippen LogP contribution in [0.5, 0.6) is 0 Å². The van der Waals surface area contributed by atoms with Gasteiger partial charge in [0.25, 0.3) is 0 Å². The molecule has 0 aliphatic heterocycles. The molecule has 0 fully saturated rings. The van der Waals surface area contributed by atoms with Crippen LogP contribution in [0.15, 0.2) is 36.7 Å². The van der Waals surface area contributed by atoms with E-state index < -0.39 is 0 Å². The lowest BCUT2D eigenvalue weighted by Gasteiger charge is -2.19. The number of anilines is 1. The number of aromatic nitrogens is 4. The van der Waals surface area contributed by atoms with Gasteiger partial charge in [-0.1, -0.05) is 18.2 Å². The Kier molecular flexibility index (Phi) is 6.01. The molecule has 1 amide bonds. The van der Waals surface area contributed by atoms with E-state index in [0.29, 0.717) is 19.4 Å². The van der Waals surface area contributed by atoms with Crippen molar-refractivity contribution in [2.24, 2.45) is 0 Å². The maximum atomic E-state index is 12.2. The molecule has 27 heavy (non-hydrogen) atoms. The van der Waals surface area contributed by atoms with Crippen molar-refractivity contribution in [2.75, 3.05) is 25.0 Å². The van der Waals surface area contributed by atoms with Crippen molar-refractivity contribution in [3.05, 3.63) is 53.5 Å². The number of hydrogen-bond donors (Lipinski definition) is 1. The van der Waals surface area contributed by atoms with Crippen LogP contribution >= 0.6 is 0 Å². The molecule has 0 saturated heterocycles. The van der Waals surface area contributed by atoms with Gasteiger partial charge in [0.15, 0.2) is 5.65 Å². The third-order valence-electron chi connectivity index (χ3n) is 4.80. The highest BCUT2D eigenvalue weighted by Crippen LogP contribution is 2.17. The molecule has 7 heteroatoms. The van der Waals surface area contributed by atoms with Crippen molar-refractivity contribution in [3.8, 4) is 0 Å². The maximum Gasteiger partial charge on any atom is 0.220 e. The van der Waals surface area contributed by atoms with Crippen LogP contribution in [0, 0.1) is 13.8 Å². The summed E-state index contributed by atoms with van der Waals surface area (Å²) in [6.45, 7) is 5.54. The fourth-order valence-electron chi connectivity index (χ4n) is 3.23. The van der Waals surface area contributed by atoms with Crippen LogP contribution in [0.3, 0.4) is 0 Å². The van der Waals surface area contributed by atoms with Crippen molar-refractivity contribution >= 4 is 17.2 Å². The summed E-state index contributed by atoms with van der Waals surface area (Å²) in [5.74, 6) is 0.0671. The maximum absolute atomic E-state index is 12.2. The summed E-state index contributed by atoms with van der Waals surface area (Å²) in [5.41, 5.74) is 4.97. The molecule has 142 valence electrons. The predicted octanol–water partition coefficient (Wildman–Crippen LogP) is 2.32. The Labute approximate surface area is 159 Å². The number of benzene rings is 1. The highest BCUT2D eigenvalue weighted by Gasteiger charge is 2.12. The highest BCUT2D eigenvalue weighted by atomic mass is 16.1. The van der Waals surface area contributed by atoms with E-state index in [2.05, 4.69) is 44.7 Å². The number of nitrogens with zero attached hydrogens (tertiary/aromatic N) is 5. The third-order valence-corrected chi connectivity index (χ3v) is 4.80. The predicted molar refractivity (Wildman–Crippen MR) is 106 cm³/mol. The number of para-hydroxylation sites is 1. The number of rotatable bonds is 8. The summed E-state index contributed by atoms with van der Waals surface area (Å²) in [4.78, 5) is 14.4. The van der Waals surface area contributed by atoms with E-state index in [-0.39, 0.29) is 5.91 Å². The standard InChI is InChI=1S/C20H26N6O/c1-15-18(16(2)24-26-14-22-23-20(15)26)10-11-19(27)21-12-7-13-25(3)17-8-5-4-6-9-17/h4-6,8-9,14H,7,10-13H2,1-3H3,(H,21,27). The SMILES string of the molecule is Cc1nn2cnnc2c(C)c1CCC(=O)NCCCN(C)c1ccccc1. The molecule has 0 saturated carbocycles. The molecule has 0 aliphatic rings. The number of aryl methyl sites for hydroxylation is 2. The minimum Gasteiger partial charge on any atom is -0.375 e. The molecule has 7 nitrogen and oxygen atoms in total. The zero-order chi connectivity index (χ0) is 19.2. The molecule has 2 aromatic heterocycles. The van der Waals surface area contributed by atoms with Gasteiger partial charge >= 0.3 is 0 Å². The van der Waals surface area contributed by atoms with Gasteiger partial charge < -0.3 is 10.2 Å². The minimum absolute atomic E-state index is 0.0671. The molecule has 0 atom stereocenters. The monoisotopic (exact) mass is 366 g/mol.